The third-order valence-corrected chi connectivity index (χ3v) is 5.10. The maximum absolute atomic E-state index is 12.7. The van der Waals surface area contributed by atoms with Gasteiger partial charge in [0.1, 0.15) is 0 Å². The minimum Gasteiger partial charge on any atom is -0.306 e. The summed E-state index contributed by atoms with van der Waals surface area (Å²) in [7, 11) is 0. The standard InChI is InChI=1S/C19H13N3OS2/c23-18-17(25-19(24)22(18)16-4-2-1-3-5-16)12-14-6-8-15(9-7-14)21-11-10-20-13-21/h1-13H/b17-12-. The molecule has 0 unspecified atom stereocenters. The van der Waals surface area contributed by atoms with Crippen LogP contribution < -0.4 is 4.90 Å². The van der Waals surface area contributed by atoms with E-state index >= 15 is 0 Å². The highest BCUT2D eigenvalue weighted by Crippen LogP contribution is 2.35. The summed E-state index contributed by atoms with van der Waals surface area (Å²) in [5.41, 5.74) is 2.77. The van der Waals surface area contributed by atoms with Crippen LogP contribution in [-0.2, 0) is 4.79 Å². The molecule has 1 amide bonds. The average molecular weight is 363 g/mol. The van der Waals surface area contributed by atoms with Crippen molar-refractivity contribution in [1.82, 2.24) is 9.55 Å². The predicted molar refractivity (Wildman–Crippen MR) is 106 cm³/mol. The number of nitrogens with zero attached hydrogens (tertiary/aromatic N) is 3. The number of thioether (sulfide) groups is 1. The Morgan fingerprint density at radius 3 is 2.44 bits per heavy atom. The van der Waals surface area contributed by atoms with E-state index in [0.29, 0.717) is 9.23 Å². The molecule has 1 saturated heterocycles. The smallest absolute Gasteiger partial charge is 0.270 e. The first-order valence-corrected chi connectivity index (χ1v) is 8.86. The third-order valence-electron chi connectivity index (χ3n) is 3.80. The number of aromatic nitrogens is 2. The first kappa shape index (κ1) is 15.8. The van der Waals surface area contributed by atoms with Crippen LogP contribution in [0.4, 0.5) is 5.69 Å². The van der Waals surface area contributed by atoms with E-state index in [1.54, 1.807) is 17.4 Å². The van der Waals surface area contributed by atoms with Crippen molar-refractivity contribution < 1.29 is 4.79 Å². The Balaban J connectivity index is 1.60. The van der Waals surface area contributed by atoms with E-state index in [-0.39, 0.29) is 5.91 Å². The van der Waals surface area contributed by atoms with Gasteiger partial charge in [-0.15, -0.1) is 0 Å². The first-order chi connectivity index (χ1) is 12.2. The van der Waals surface area contributed by atoms with Crippen molar-refractivity contribution in [3.05, 3.63) is 83.8 Å². The Labute approximate surface area is 154 Å². The van der Waals surface area contributed by atoms with E-state index in [0.717, 1.165) is 16.9 Å². The summed E-state index contributed by atoms with van der Waals surface area (Å²) in [6, 6.07) is 17.4. The number of hydrogen-bond donors (Lipinski definition) is 0. The number of thiocarbonyl (C=S) groups is 1. The minimum absolute atomic E-state index is 0.0834. The van der Waals surface area contributed by atoms with Crippen LogP contribution in [0.1, 0.15) is 5.56 Å². The van der Waals surface area contributed by atoms with Gasteiger partial charge in [0.25, 0.3) is 5.91 Å². The van der Waals surface area contributed by atoms with Crippen molar-refractivity contribution in [3.8, 4) is 5.69 Å². The molecule has 122 valence electrons. The van der Waals surface area contributed by atoms with Crippen molar-refractivity contribution in [2.75, 3.05) is 4.90 Å². The van der Waals surface area contributed by atoms with Crippen LogP contribution >= 0.6 is 24.0 Å². The lowest BCUT2D eigenvalue weighted by atomic mass is 10.2. The van der Waals surface area contributed by atoms with Gasteiger partial charge in [-0.2, -0.15) is 0 Å². The molecule has 1 aromatic heterocycles. The first-order valence-electron chi connectivity index (χ1n) is 7.64. The zero-order valence-corrected chi connectivity index (χ0v) is 14.7. The van der Waals surface area contributed by atoms with Gasteiger partial charge in [-0.05, 0) is 35.9 Å². The van der Waals surface area contributed by atoms with Crippen LogP contribution in [0, 0.1) is 0 Å². The Hall–Kier alpha value is -2.70. The Morgan fingerprint density at radius 1 is 1.00 bits per heavy atom. The summed E-state index contributed by atoms with van der Waals surface area (Å²) in [5, 5.41) is 0. The number of rotatable bonds is 3. The molecule has 1 aliphatic heterocycles. The lowest BCUT2D eigenvalue weighted by Gasteiger charge is -2.13. The molecule has 0 radical (unpaired) electrons. The maximum Gasteiger partial charge on any atom is 0.270 e. The van der Waals surface area contributed by atoms with Crippen LogP contribution in [0.25, 0.3) is 11.8 Å². The lowest BCUT2D eigenvalue weighted by Crippen LogP contribution is -2.27. The van der Waals surface area contributed by atoms with Crippen molar-refractivity contribution in [2.24, 2.45) is 0 Å². The van der Waals surface area contributed by atoms with Gasteiger partial charge in [0.2, 0.25) is 0 Å². The van der Waals surface area contributed by atoms with Gasteiger partial charge in [0.15, 0.2) is 4.32 Å². The summed E-state index contributed by atoms with van der Waals surface area (Å²) in [6.07, 6.45) is 7.25. The molecule has 3 aromatic rings. The Bertz CT molecular complexity index is 948. The summed E-state index contributed by atoms with van der Waals surface area (Å²) >= 11 is 6.71. The number of amides is 1. The molecule has 2 aromatic carbocycles. The molecule has 0 aliphatic carbocycles. The second kappa shape index (κ2) is 6.66. The van der Waals surface area contributed by atoms with Gasteiger partial charge in [-0.1, -0.05) is 54.3 Å². The number of benzene rings is 2. The molecule has 0 spiro atoms. The summed E-state index contributed by atoms with van der Waals surface area (Å²) in [4.78, 5) is 19.0. The molecule has 0 N–H and O–H groups in total. The van der Waals surface area contributed by atoms with Gasteiger partial charge in [0, 0.05) is 18.1 Å². The van der Waals surface area contributed by atoms with Crippen molar-refractivity contribution in [3.63, 3.8) is 0 Å². The van der Waals surface area contributed by atoms with E-state index in [1.165, 1.54) is 11.8 Å². The van der Waals surface area contributed by atoms with Crippen LogP contribution in [0.2, 0.25) is 0 Å². The second-order valence-electron chi connectivity index (χ2n) is 5.41. The zero-order valence-electron chi connectivity index (χ0n) is 13.1. The predicted octanol–water partition coefficient (Wildman–Crippen LogP) is 4.28. The van der Waals surface area contributed by atoms with Crippen molar-refractivity contribution in [2.45, 2.75) is 0 Å². The normalized spacial score (nSPS) is 16.0. The summed E-state index contributed by atoms with van der Waals surface area (Å²) < 4.78 is 2.48. The van der Waals surface area contributed by atoms with E-state index in [9.17, 15) is 4.79 Å². The number of anilines is 1. The average Bonchev–Trinajstić information content (AvgIpc) is 3.26. The highest BCUT2D eigenvalue weighted by molar-refractivity contribution is 8.27. The number of carbonyl (C=O) groups is 1. The zero-order chi connectivity index (χ0) is 17.2. The molecular weight excluding hydrogens is 350 g/mol. The molecule has 0 atom stereocenters. The van der Waals surface area contributed by atoms with Crippen LogP contribution in [-0.4, -0.2) is 19.8 Å². The topological polar surface area (TPSA) is 38.1 Å². The third kappa shape index (κ3) is 3.14. The van der Waals surface area contributed by atoms with E-state index < -0.39 is 0 Å². The van der Waals surface area contributed by atoms with E-state index in [2.05, 4.69) is 4.98 Å². The number of carbonyl (C=O) groups excluding carboxylic acids is 1. The molecule has 1 fully saturated rings. The Morgan fingerprint density at radius 2 is 1.76 bits per heavy atom. The fourth-order valence-corrected chi connectivity index (χ4v) is 3.87. The fraction of sp³-hybridized carbons (Fsp3) is 0. The highest BCUT2D eigenvalue weighted by atomic mass is 32.2. The molecule has 6 heteroatoms. The second-order valence-corrected chi connectivity index (χ2v) is 7.09. The van der Waals surface area contributed by atoms with Gasteiger partial charge < -0.3 is 4.57 Å². The number of imidazole rings is 1. The largest absolute Gasteiger partial charge is 0.306 e. The molecule has 2 heterocycles. The molecule has 25 heavy (non-hydrogen) atoms. The maximum atomic E-state index is 12.7. The molecule has 4 nitrogen and oxygen atoms in total. The minimum atomic E-state index is -0.0834. The molecule has 0 saturated carbocycles. The summed E-state index contributed by atoms with van der Waals surface area (Å²) in [5.74, 6) is -0.0834. The van der Waals surface area contributed by atoms with Gasteiger partial charge in [-0.25, -0.2) is 4.98 Å². The number of para-hydroxylation sites is 1. The number of hydrogen-bond acceptors (Lipinski definition) is 4. The van der Waals surface area contributed by atoms with Crippen LogP contribution in [0.3, 0.4) is 0 Å². The van der Waals surface area contributed by atoms with Gasteiger partial charge >= 0.3 is 0 Å². The molecular formula is C19H13N3OS2. The highest BCUT2D eigenvalue weighted by Gasteiger charge is 2.33. The van der Waals surface area contributed by atoms with Crippen molar-refractivity contribution >= 4 is 46.0 Å². The summed E-state index contributed by atoms with van der Waals surface area (Å²) in [6.45, 7) is 0. The van der Waals surface area contributed by atoms with Crippen LogP contribution in [0.5, 0.6) is 0 Å². The SMILES string of the molecule is O=C1/C(=C/c2ccc(-n3ccnc3)cc2)SC(=S)N1c1ccccc1. The molecule has 1 aliphatic rings. The quantitative estimate of drug-likeness (QED) is 0.514. The van der Waals surface area contributed by atoms with Gasteiger partial charge in [0.05, 0.1) is 16.9 Å². The van der Waals surface area contributed by atoms with E-state index in [1.807, 2.05) is 71.4 Å². The van der Waals surface area contributed by atoms with Gasteiger partial charge in [-0.3, -0.25) is 9.69 Å². The molecule has 4 rings (SSSR count). The Kier molecular flexibility index (Phi) is 4.21. The monoisotopic (exact) mass is 363 g/mol. The van der Waals surface area contributed by atoms with Crippen LogP contribution in [0.15, 0.2) is 78.2 Å². The van der Waals surface area contributed by atoms with Crippen molar-refractivity contribution in [1.29, 1.82) is 0 Å². The lowest BCUT2D eigenvalue weighted by molar-refractivity contribution is -0.113. The molecule has 0 bridgehead atoms. The van der Waals surface area contributed by atoms with E-state index in [4.69, 9.17) is 12.2 Å². The fourth-order valence-electron chi connectivity index (χ4n) is 2.57.